The molecule has 2 aliphatic carbocycles. The molecule has 12 heavy (non-hydrogen) atoms. The van der Waals surface area contributed by atoms with Crippen molar-refractivity contribution in [1.29, 1.82) is 0 Å². The van der Waals surface area contributed by atoms with Crippen LogP contribution in [-0.2, 0) is 4.79 Å². The Morgan fingerprint density at radius 2 is 2.25 bits per heavy atom. The summed E-state index contributed by atoms with van der Waals surface area (Å²) < 4.78 is 0. The van der Waals surface area contributed by atoms with Gasteiger partial charge in [-0.05, 0) is 31.6 Å². The second kappa shape index (κ2) is 2.56. The van der Waals surface area contributed by atoms with E-state index in [4.69, 9.17) is 0 Å². The Kier molecular flexibility index (Phi) is 1.76. The average molecular weight is 168 g/mol. The average Bonchev–Trinajstić information content (AvgIpc) is 2.30. The highest BCUT2D eigenvalue weighted by molar-refractivity contribution is 5.83. The van der Waals surface area contributed by atoms with Crippen LogP contribution >= 0.6 is 0 Å². The fraction of sp³-hybridized carbons (Fsp3) is 0.900. The lowest BCUT2D eigenvalue weighted by Crippen LogP contribution is -2.45. The van der Waals surface area contributed by atoms with Gasteiger partial charge in [-0.25, -0.2) is 0 Å². The largest absolute Gasteiger partial charge is 0.389 e. The van der Waals surface area contributed by atoms with Crippen LogP contribution in [0.25, 0.3) is 0 Å². The summed E-state index contributed by atoms with van der Waals surface area (Å²) in [7, 11) is 0. The Labute approximate surface area is 73.0 Å². The molecule has 2 rings (SSSR count). The number of aliphatic hydroxyl groups is 1. The van der Waals surface area contributed by atoms with Crippen molar-refractivity contribution < 1.29 is 9.90 Å². The van der Waals surface area contributed by atoms with E-state index in [-0.39, 0.29) is 5.92 Å². The zero-order valence-corrected chi connectivity index (χ0v) is 7.55. The fourth-order valence-corrected chi connectivity index (χ4v) is 2.84. The molecule has 0 aromatic heterocycles. The van der Waals surface area contributed by atoms with Gasteiger partial charge in [-0.1, -0.05) is 6.92 Å². The molecule has 0 saturated heterocycles. The molecular formula is C10H16O2. The molecule has 0 bridgehead atoms. The Bertz CT molecular complexity index is 212. The summed E-state index contributed by atoms with van der Waals surface area (Å²) in [5.74, 6) is 0.598. The highest BCUT2D eigenvalue weighted by Gasteiger charge is 2.51. The van der Waals surface area contributed by atoms with Crippen LogP contribution in [0.2, 0.25) is 0 Å². The molecule has 2 fully saturated rings. The predicted octanol–water partition coefficient (Wildman–Crippen LogP) is 1.52. The van der Waals surface area contributed by atoms with Gasteiger partial charge in [-0.3, -0.25) is 4.79 Å². The maximum absolute atomic E-state index is 11.5. The van der Waals surface area contributed by atoms with Crippen molar-refractivity contribution >= 4 is 5.78 Å². The maximum Gasteiger partial charge on any atom is 0.138 e. The molecule has 68 valence electrons. The van der Waals surface area contributed by atoms with Gasteiger partial charge >= 0.3 is 0 Å². The van der Waals surface area contributed by atoms with Crippen molar-refractivity contribution in [3.63, 3.8) is 0 Å². The summed E-state index contributed by atoms with van der Waals surface area (Å²) in [6, 6.07) is 0. The van der Waals surface area contributed by atoms with Crippen molar-refractivity contribution in [2.24, 2.45) is 11.8 Å². The minimum Gasteiger partial charge on any atom is -0.389 e. The van der Waals surface area contributed by atoms with Gasteiger partial charge in [-0.2, -0.15) is 0 Å². The van der Waals surface area contributed by atoms with Crippen molar-refractivity contribution in [3.8, 4) is 0 Å². The molecule has 0 amide bonds. The van der Waals surface area contributed by atoms with Gasteiger partial charge in [0.15, 0.2) is 0 Å². The molecule has 0 aromatic carbocycles. The first kappa shape index (κ1) is 8.24. The third-order valence-electron chi connectivity index (χ3n) is 3.73. The lowest BCUT2D eigenvalue weighted by molar-refractivity contribution is -0.138. The van der Waals surface area contributed by atoms with Gasteiger partial charge in [0.1, 0.15) is 5.78 Å². The van der Waals surface area contributed by atoms with Crippen LogP contribution in [0.4, 0.5) is 0 Å². The molecule has 2 aliphatic rings. The van der Waals surface area contributed by atoms with Gasteiger partial charge in [-0.15, -0.1) is 0 Å². The normalized spacial score (nSPS) is 47.7. The molecular weight excluding hydrogens is 152 g/mol. The van der Waals surface area contributed by atoms with E-state index in [1.165, 1.54) is 0 Å². The molecule has 3 unspecified atom stereocenters. The Hall–Kier alpha value is -0.370. The monoisotopic (exact) mass is 168 g/mol. The van der Waals surface area contributed by atoms with Crippen LogP contribution in [0.3, 0.4) is 0 Å². The number of ketones is 1. The van der Waals surface area contributed by atoms with Gasteiger partial charge in [0.2, 0.25) is 0 Å². The zero-order chi connectivity index (χ0) is 8.77. The van der Waals surface area contributed by atoms with Crippen LogP contribution in [0, 0.1) is 11.8 Å². The van der Waals surface area contributed by atoms with Crippen molar-refractivity contribution in [2.75, 3.05) is 0 Å². The third-order valence-corrected chi connectivity index (χ3v) is 3.73. The molecule has 0 spiro atoms. The lowest BCUT2D eigenvalue weighted by Gasteiger charge is -2.36. The summed E-state index contributed by atoms with van der Waals surface area (Å²) in [6.45, 7) is 2.07. The van der Waals surface area contributed by atoms with E-state index in [9.17, 15) is 9.90 Å². The number of hydrogen-bond donors (Lipinski definition) is 1. The number of Topliss-reactive ketones (excluding diaryl/α,β-unsaturated/α-hetero) is 1. The number of fused-ring (bicyclic) bond motifs is 1. The molecule has 2 nitrogen and oxygen atoms in total. The standard InChI is InChI=1S/C10H16O2/c1-7-4-5-8-9(11)3-2-6-10(7,8)12/h7-8,12H,2-6H2,1H3. The summed E-state index contributed by atoms with van der Waals surface area (Å²) >= 11 is 0. The minimum absolute atomic E-state index is 0.0266. The van der Waals surface area contributed by atoms with Crippen LogP contribution in [0.5, 0.6) is 0 Å². The highest BCUT2D eigenvalue weighted by atomic mass is 16.3. The van der Waals surface area contributed by atoms with Gasteiger partial charge in [0, 0.05) is 12.3 Å². The second-order valence-corrected chi connectivity index (χ2v) is 4.34. The summed E-state index contributed by atoms with van der Waals surface area (Å²) in [5.41, 5.74) is -0.630. The highest BCUT2D eigenvalue weighted by Crippen LogP contribution is 2.47. The molecule has 0 aromatic rings. The number of carbonyl (C=O) groups is 1. The molecule has 2 saturated carbocycles. The maximum atomic E-state index is 11.5. The number of hydrogen-bond acceptors (Lipinski definition) is 2. The van der Waals surface area contributed by atoms with Crippen LogP contribution < -0.4 is 0 Å². The summed E-state index contributed by atoms with van der Waals surface area (Å²) in [4.78, 5) is 11.5. The molecule has 1 N–H and O–H groups in total. The second-order valence-electron chi connectivity index (χ2n) is 4.34. The van der Waals surface area contributed by atoms with E-state index in [2.05, 4.69) is 6.92 Å². The predicted molar refractivity (Wildman–Crippen MR) is 45.7 cm³/mol. The summed E-state index contributed by atoms with van der Waals surface area (Å²) in [5, 5.41) is 10.2. The zero-order valence-electron chi connectivity index (χ0n) is 7.55. The molecule has 0 heterocycles. The number of rotatable bonds is 0. The molecule has 0 aliphatic heterocycles. The van der Waals surface area contributed by atoms with Gasteiger partial charge in [0.25, 0.3) is 0 Å². The van der Waals surface area contributed by atoms with E-state index in [0.29, 0.717) is 18.1 Å². The van der Waals surface area contributed by atoms with Gasteiger partial charge < -0.3 is 5.11 Å². The Balaban J connectivity index is 2.26. The third kappa shape index (κ3) is 0.939. The first-order valence-corrected chi connectivity index (χ1v) is 4.89. The lowest BCUT2D eigenvalue weighted by atomic mass is 9.74. The fourth-order valence-electron chi connectivity index (χ4n) is 2.84. The van der Waals surface area contributed by atoms with E-state index in [1.807, 2.05) is 0 Å². The van der Waals surface area contributed by atoms with Crippen LogP contribution in [-0.4, -0.2) is 16.5 Å². The molecule has 2 heteroatoms. The molecule has 0 radical (unpaired) electrons. The molecule has 3 atom stereocenters. The SMILES string of the molecule is CC1CCC2C(=O)CCCC12O. The van der Waals surface area contributed by atoms with Crippen molar-refractivity contribution in [1.82, 2.24) is 0 Å². The first-order valence-electron chi connectivity index (χ1n) is 4.89. The summed E-state index contributed by atoms with van der Waals surface area (Å²) in [6.07, 6.45) is 4.35. The van der Waals surface area contributed by atoms with Crippen molar-refractivity contribution in [2.45, 2.75) is 44.6 Å². The Morgan fingerprint density at radius 1 is 1.50 bits per heavy atom. The topological polar surface area (TPSA) is 37.3 Å². The first-order chi connectivity index (χ1) is 5.64. The smallest absolute Gasteiger partial charge is 0.138 e. The van der Waals surface area contributed by atoms with E-state index >= 15 is 0 Å². The Morgan fingerprint density at radius 3 is 2.92 bits per heavy atom. The van der Waals surface area contributed by atoms with E-state index in [0.717, 1.165) is 25.7 Å². The van der Waals surface area contributed by atoms with E-state index < -0.39 is 5.60 Å². The van der Waals surface area contributed by atoms with Crippen LogP contribution in [0.15, 0.2) is 0 Å². The quantitative estimate of drug-likeness (QED) is 0.595. The van der Waals surface area contributed by atoms with E-state index in [1.54, 1.807) is 0 Å². The minimum atomic E-state index is -0.630. The van der Waals surface area contributed by atoms with Crippen LogP contribution in [0.1, 0.15) is 39.0 Å². The number of carbonyl (C=O) groups excluding carboxylic acids is 1. The van der Waals surface area contributed by atoms with Gasteiger partial charge in [0.05, 0.1) is 5.60 Å². The van der Waals surface area contributed by atoms with Crippen molar-refractivity contribution in [3.05, 3.63) is 0 Å².